The monoisotopic (exact) mass is 195 g/mol. The van der Waals surface area contributed by atoms with Gasteiger partial charge in [0.2, 0.25) is 0 Å². The van der Waals surface area contributed by atoms with Crippen LogP contribution < -0.4 is 10.2 Å². The van der Waals surface area contributed by atoms with E-state index >= 15 is 0 Å². The standard InChI is InChI=1S/C11H17NO2/c1-3-14-11-7-5-4-6-10(11)8-9(2)12-13/h4-7,9,12-13H,3,8H2,1-2H3/t9-/m0/s1. The van der Waals surface area contributed by atoms with Crippen LogP contribution in [-0.2, 0) is 6.42 Å². The average molecular weight is 195 g/mol. The van der Waals surface area contributed by atoms with Gasteiger partial charge in [-0.05, 0) is 31.9 Å². The van der Waals surface area contributed by atoms with Gasteiger partial charge in [0.15, 0.2) is 0 Å². The highest BCUT2D eigenvalue weighted by Gasteiger charge is 2.06. The lowest BCUT2D eigenvalue weighted by Crippen LogP contribution is -2.24. The summed E-state index contributed by atoms with van der Waals surface area (Å²) in [4.78, 5) is 0. The molecular formula is C11H17NO2. The lowest BCUT2D eigenvalue weighted by atomic mass is 10.1. The van der Waals surface area contributed by atoms with Crippen LogP contribution in [0.3, 0.4) is 0 Å². The third kappa shape index (κ3) is 3.01. The Hall–Kier alpha value is -1.06. The summed E-state index contributed by atoms with van der Waals surface area (Å²) < 4.78 is 5.47. The number of hydroxylamine groups is 1. The quantitative estimate of drug-likeness (QED) is 0.706. The number of nitrogens with one attached hydrogen (secondary N) is 1. The summed E-state index contributed by atoms with van der Waals surface area (Å²) in [5, 5.41) is 8.73. The third-order valence-electron chi connectivity index (χ3n) is 2.02. The molecule has 0 bridgehead atoms. The molecule has 0 saturated carbocycles. The van der Waals surface area contributed by atoms with Crippen molar-refractivity contribution in [2.75, 3.05) is 6.61 Å². The number of hydrogen-bond donors (Lipinski definition) is 2. The van der Waals surface area contributed by atoms with Gasteiger partial charge in [-0.1, -0.05) is 18.2 Å². The Labute approximate surface area is 84.7 Å². The summed E-state index contributed by atoms with van der Waals surface area (Å²) >= 11 is 0. The van der Waals surface area contributed by atoms with Gasteiger partial charge in [0, 0.05) is 6.04 Å². The second-order valence-electron chi connectivity index (χ2n) is 3.28. The van der Waals surface area contributed by atoms with E-state index in [2.05, 4.69) is 5.48 Å². The number of rotatable bonds is 5. The number of ether oxygens (including phenoxy) is 1. The minimum atomic E-state index is 0.0385. The lowest BCUT2D eigenvalue weighted by Gasteiger charge is -2.13. The normalized spacial score (nSPS) is 12.5. The highest BCUT2D eigenvalue weighted by atomic mass is 16.5. The van der Waals surface area contributed by atoms with Gasteiger partial charge in [0.25, 0.3) is 0 Å². The Bertz CT molecular complexity index is 276. The van der Waals surface area contributed by atoms with E-state index in [0.29, 0.717) is 6.61 Å². The molecule has 0 aliphatic heterocycles. The van der Waals surface area contributed by atoms with Crippen molar-refractivity contribution in [2.45, 2.75) is 26.3 Å². The molecule has 1 aromatic carbocycles. The molecular weight excluding hydrogens is 178 g/mol. The number of para-hydroxylation sites is 1. The van der Waals surface area contributed by atoms with Crippen LogP contribution in [0.25, 0.3) is 0 Å². The summed E-state index contributed by atoms with van der Waals surface area (Å²) in [7, 11) is 0. The average Bonchev–Trinajstić information content (AvgIpc) is 2.21. The Morgan fingerprint density at radius 2 is 2.14 bits per heavy atom. The van der Waals surface area contributed by atoms with Gasteiger partial charge in [-0.15, -0.1) is 0 Å². The minimum absolute atomic E-state index is 0.0385. The highest BCUT2D eigenvalue weighted by molar-refractivity contribution is 5.33. The van der Waals surface area contributed by atoms with Gasteiger partial charge in [0.1, 0.15) is 5.75 Å². The first-order valence-corrected chi connectivity index (χ1v) is 4.88. The van der Waals surface area contributed by atoms with E-state index in [1.807, 2.05) is 38.1 Å². The Morgan fingerprint density at radius 1 is 1.43 bits per heavy atom. The van der Waals surface area contributed by atoms with Gasteiger partial charge in [-0.3, -0.25) is 0 Å². The fourth-order valence-electron chi connectivity index (χ4n) is 1.34. The van der Waals surface area contributed by atoms with Crippen LogP contribution in [-0.4, -0.2) is 17.9 Å². The molecule has 1 rings (SSSR count). The SMILES string of the molecule is CCOc1ccccc1C[C@H](C)NO. The fraction of sp³-hybridized carbons (Fsp3) is 0.455. The second-order valence-corrected chi connectivity index (χ2v) is 3.28. The fourth-order valence-corrected chi connectivity index (χ4v) is 1.34. The van der Waals surface area contributed by atoms with E-state index in [1.54, 1.807) is 0 Å². The van der Waals surface area contributed by atoms with Crippen molar-refractivity contribution >= 4 is 0 Å². The smallest absolute Gasteiger partial charge is 0.122 e. The highest BCUT2D eigenvalue weighted by Crippen LogP contribution is 2.19. The van der Waals surface area contributed by atoms with Crippen molar-refractivity contribution in [2.24, 2.45) is 0 Å². The van der Waals surface area contributed by atoms with Crippen LogP contribution in [0.15, 0.2) is 24.3 Å². The zero-order valence-corrected chi connectivity index (χ0v) is 8.66. The summed E-state index contributed by atoms with van der Waals surface area (Å²) in [5.41, 5.74) is 3.34. The zero-order chi connectivity index (χ0) is 10.4. The van der Waals surface area contributed by atoms with E-state index in [4.69, 9.17) is 9.94 Å². The van der Waals surface area contributed by atoms with Gasteiger partial charge in [-0.25, -0.2) is 5.48 Å². The van der Waals surface area contributed by atoms with Crippen molar-refractivity contribution in [1.82, 2.24) is 5.48 Å². The maximum atomic E-state index is 8.73. The molecule has 0 spiro atoms. The zero-order valence-electron chi connectivity index (χ0n) is 8.66. The van der Waals surface area contributed by atoms with E-state index in [-0.39, 0.29) is 6.04 Å². The van der Waals surface area contributed by atoms with Crippen LogP contribution in [0.5, 0.6) is 5.75 Å². The lowest BCUT2D eigenvalue weighted by molar-refractivity contribution is 0.132. The van der Waals surface area contributed by atoms with E-state index in [1.165, 1.54) is 0 Å². The summed E-state index contributed by atoms with van der Waals surface area (Å²) in [6, 6.07) is 7.92. The van der Waals surface area contributed by atoms with Crippen LogP contribution in [0, 0.1) is 0 Å². The predicted octanol–water partition coefficient (Wildman–Crippen LogP) is 2.00. The van der Waals surface area contributed by atoms with Gasteiger partial charge in [-0.2, -0.15) is 0 Å². The van der Waals surface area contributed by atoms with Crippen molar-refractivity contribution in [3.05, 3.63) is 29.8 Å². The molecule has 78 valence electrons. The van der Waals surface area contributed by atoms with Crippen molar-refractivity contribution in [3.8, 4) is 5.75 Å². The molecule has 0 aliphatic rings. The molecule has 0 heterocycles. The van der Waals surface area contributed by atoms with Crippen molar-refractivity contribution < 1.29 is 9.94 Å². The molecule has 3 heteroatoms. The second kappa shape index (κ2) is 5.62. The van der Waals surface area contributed by atoms with Crippen LogP contribution in [0.1, 0.15) is 19.4 Å². The summed E-state index contributed by atoms with van der Waals surface area (Å²) in [5.74, 6) is 0.900. The maximum Gasteiger partial charge on any atom is 0.122 e. The van der Waals surface area contributed by atoms with E-state index in [0.717, 1.165) is 17.7 Å². The molecule has 0 saturated heterocycles. The first kappa shape index (κ1) is 11.0. The van der Waals surface area contributed by atoms with Crippen molar-refractivity contribution in [1.29, 1.82) is 0 Å². The molecule has 0 unspecified atom stereocenters. The number of hydrogen-bond acceptors (Lipinski definition) is 3. The van der Waals surface area contributed by atoms with Gasteiger partial charge < -0.3 is 9.94 Å². The molecule has 1 atom stereocenters. The molecule has 0 fully saturated rings. The predicted molar refractivity (Wildman–Crippen MR) is 55.7 cm³/mol. The Balaban J connectivity index is 2.73. The number of benzene rings is 1. The molecule has 3 nitrogen and oxygen atoms in total. The molecule has 2 N–H and O–H groups in total. The molecule has 0 aliphatic carbocycles. The minimum Gasteiger partial charge on any atom is -0.494 e. The van der Waals surface area contributed by atoms with Gasteiger partial charge >= 0.3 is 0 Å². The summed E-state index contributed by atoms with van der Waals surface area (Å²) in [6.07, 6.45) is 0.757. The van der Waals surface area contributed by atoms with Crippen molar-refractivity contribution in [3.63, 3.8) is 0 Å². The first-order valence-electron chi connectivity index (χ1n) is 4.88. The summed E-state index contributed by atoms with van der Waals surface area (Å²) in [6.45, 7) is 4.55. The Kier molecular flexibility index (Phi) is 4.43. The van der Waals surface area contributed by atoms with E-state index in [9.17, 15) is 0 Å². The molecule has 1 aromatic rings. The van der Waals surface area contributed by atoms with Crippen LogP contribution >= 0.6 is 0 Å². The van der Waals surface area contributed by atoms with Crippen LogP contribution in [0.2, 0.25) is 0 Å². The van der Waals surface area contributed by atoms with Crippen LogP contribution in [0.4, 0.5) is 0 Å². The van der Waals surface area contributed by atoms with E-state index < -0.39 is 0 Å². The third-order valence-corrected chi connectivity index (χ3v) is 2.02. The van der Waals surface area contributed by atoms with Gasteiger partial charge in [0.05, 0.1) is 6.61 Å². The largest absolute Gasteiger partial charge is 0.494 e. The topological polar surface area (TPSA) is 41.5 Å². The molecule has 14 heavy (non-hydrogen) atoms. The Morgan fingerprint density at radius 3 is 2.79 bits per heavy atom. The first-order chi connectivity index (χ1) is 6.77. The molecule has 0 aromatic heterocycles. The molecule has 0 radical (unpaired) electrons. The molecule has 0 amide bonds. The maximum absolute atomic E-state index is 8.73.